The minimum Gasteiger partial charge on any atom is -0.480 e. The van der Waals surface area contributed by atoms with Crippen LogP contribution in [0.4, 0.5) is 0 Å². The van der Waals surface area contributed by atoms with Gasteiger partial charge in [0.05, 0.1) is 0 Å². The van der Waals surface area contributed by atoms with Crippen LogP contribution in [0.25, 0.3) is 0 Å². The largest absolute Gasteiger partial charge is 0.480 e. The second-order valence-corrected chi connectivity index (χ2v) is 5.10. The predicted molar refractivity (Wildman–Crippen MR) is 71.8 cm³/mol. The molecule has 0 spiro atoms. The van der Waals surface area contributed by atoms with Crippen molar-refractivity contribution in [3.8, 4) is 0 Å². The van der Waals surface area contributed by atoms with Crippen molar-refractivity contribution in [2.45, 2.75) is 32.0 Å². The zero-order chi connectivity index (χ0) is 15.7. The van der Waals surface area contributed by atoms with Crippen LogP contribution in [0.3, 0.4) is 0 Å². The van der Waals surface area contributed by atoms with E-state index in [2.05, 4.69) is 4.98 Å². The second kappa shape index (κ2) is 5.52. The number of carbonyl (C=O) groups excluding carboxylic acids is 1. The molecule has 1 fully saturated rings. The third-order valence-electron chi connectivity index (χ3n) is 3.43. The fraction of sp³-hybridized carbons (Fsp3) is 0.500. The Morgan fingerprint density at radius 2 is 2.14 bits per heavy atom. The number of aryl methyl sites for hydroxylation is 1. The first-order valence-electron chi connectivity index (χ1n) is 6.38. The van der Waals surface area contributed by atoms with Gasteiger partial charge >= 0.3 is 11.7 Å². The molecule has 1 unspecified atom stereocenters. The molecule has 0 bridgehead atoms. The molecular weight excluding hydrogens is 280 g/mol. The summed E-state index contributed by atoms with van der Waals surface area (Å²) in [5.41, 5.74) is 4.74. The standard InChI is InChI=1S/C12H16N4O5/c1-6-3-15(12(21)14-10(6)18)5-9(17)16-4-7(13)2-8(16)11(19)20/h3,7-8H,2,4-5,13H2,1H3,(H,19,20)(H,14,18,21)/t7?,8-/m0/s1. The van der Waals surface area contributed by atoms with Crippen LogP contribution in [-0.2, 0) is 16.1 Å². The number of hydrogen-bond acceptors (Lipinski definition) is 5. The molecule has 2 rings (SSSR count). The van der Waals surface area contributed by atoms with Crippen LogP contribution in [0.15, 0.2) is 15.8 Å². The third kappa shape index (κ3) is 3.02. The number of aromatic nitrogens is 2. The smallest absolute Gasteiger partial charge is 0.328 e. The van der Waals surface area contributed by atoms with Gasteiger partial charge in [0.2, 0.25) is 5.91 Å². The summed E-state index contributed by atoms with van der Waals surface area (Å²) in [6.07, 6.45) is 1.45. The average Bonchev–Trinajstić information content (AvgIpc) is 2.78. The van der Waals surface area contributed by atoms with Crippen molar-refractivity contribution < 1.29 is 14.7 Å². The SMILES string of the molecule is Cc1cn(CC(=O)N2CC(N)C[C@H]2C(=O)O)c(=O)[nH]c1=O. The maximum Gasteiger partial charge on any atom is 0.328 e. The predicted octanol–water partition coefficient (Wildman–Crippen LogP) is -2.14. The van der Waals surface area contributed by atoms with Crippen molar-refractivity contribution in [2.75, 3.05) is 6.54 Å². The summed E-state index contributed by atoms with van der Waals surface area (Å²) in [5, 5.41) is 9.09. The average molecular weight is 296 g/mol. The number of hydrogen-bond donors (Lipinski definition) is 3. The summed E-state index contributed by atoms with van der Waals surface area (Å²) in [6, 6.07) is -1.38. The van der Waals surface area contributed by atoms with Crippen LogP contribution in [0.2, 0.25) is 0 Å². The van der Waals surface area contributed by atoms with Gasteiger partial charge < -0.3 is 15.7 Å². The first kappa shape index (κ1) is 15.0. The van der Waals surface area contributed by atoms with E-state index in [1.165, 1.54) is 13.1 Å². The van der Waals surface area contributed by atoms with Gasteiger partial charge in [0.15, 0.2) is 0 Å². The Morgan fingerprint density at radius 3 is 2.76 bits per heavy atom. The van der Waals surface area contributed by atoms with Crippen LogP contribution in [0, 0.1) is 6.92 Å². The molecule has 1 aromatic heterocycles. The normalized spacial score (nSPS) is 21.5. The molecule has 0 aromatic carbocycles. The van der Waals surface area contributed by atoms with Gasteiger partial charge in [0, 0.05) is 24.3 Å². The van der Waals surface area contributed by atoms with Crippen molar-refractivity contribution in [3.63, 3.8) is 0 Å². The number of amides is 1. The summed E-state index contributed by atoms with van der Waals surface area (Å²) in [5.74, 6) is -1.65. The third-order valence-corrected chi connectivity index (χ3v) is 3.43. The summed E-state index contributed by atoms with van der Waals surface area (Å²) in [7, 11) is 0. The number of carboxylic acid groups (broad SMARTS) is 1. The second-order valence-electron chi connectivity index (χ2n) is 5.10. The number of H-pyrrole nitrogens is 1. The maximum atomic E-state index is 12.2. The van der Waals surface area contributed by atoms with Crippen LogP contribution in [0.5, 0.6) is 0 Å². The Balaban J connectivity index is 2.22. The highest BCUT2D eigenvalue weighted by molar-refractivity contribution is 5.84. The highest BCUT2D eigenvalue weighted by atomic mass is 16.4. The zero-order valence-corrected chi connectivity index (χ0v) is 11.4. The summed E-state index contributed by atoms with van der Waals surface area (Å²) in [6.45, 7) is 1.30. The Bertz CT molecular complexity index is 692. The Kier molecular flexibility index (Phi) is 3.94. The minimum absolute atomic E-state index is 0.132. The molecule has 0 aliphatic carbocycles. The lowest BCUT2D eigenvalue weighted by atomic mass is 10.2. The van der Waals surface area contributed by atoms with E-state index < -0.39 is 35.2 Å². The lowest BCUT2D eigenvalue weighted by molar-refractivity contribution is -0.148. The maximum absolute atomic E-state index is 12.2. The molecule has 1 amide bonds. The molecule has 9 heteroatoms. The van der Waals surface area contributed by atoms with E-state index in [1.54, 1.807) is 0 Å². The number of nitrogens with two attached hydrogens (primary N) is 1. The van der Waals surface area contributed by atoms with E-state index in [-0.39, 0.29) is 25.1 Å². The number of rotatable bonds is 3. The number of aromatic amines is 1. The van der Waals surface area contributed by atoms with Gasteiger partial charge in [-0.15, -0.1) is 0 Å². The van der Waals surface area contributed by atoms with Crippen molar-refractivity contribution >= 4 is 11.9 Å². The van der Waals surface area contributed by atoms with Crippen LogP contribution in [-0.4, -0.2) is 50.1 Å². The van der Waals surface area contributed by atoms with E-state index in [0.717, 1.165) is 9.47 Å². The molecule has 1 aliphatic heterocycles. The summed E-state index contributed by atoms with van der Waals surface area (Å²) < 4.78 is 1.04. The van der Waals surface area contributed by atoms with Crippen molar-refractivity contribution in [1.29, 1.82) is 0 Å². The van der Waals surface area contributed by atoms with E-state index in [9.17, 15) is 19.2 Å². The molecular formula is C12H16N4O5. The van der Waals surface area contributed by atoms with E-state index in [0.29, 0.717) is 0 Å². The van der Waals surface area contributed by atoms with E-state index >= 15 is 0 Å². The van der Waals surface area contributed by atoms with Gasteiger partial charge in [-0.2, -0.15) is 0 Å². The van der Waals surface area contributed by atoms with E-state index in [1.807, 2.05) is 0 Å². The van der Waals surface area contributed by atoms with Gasteiger partial charge in [-0.1, -0.05) is 0 Å². The minimum atomic E-state index is -1.12. The summed E-state index contributed by atoms with van der Waals surface area (Å²) in [4.78, 5) is 49.4. The molecule has 0 saturated carbocycles. The summed E-state index contributed by atoms with van der Waals surface area (Å²) >= 11 is 0. The van der Waals surface area contributed by atoms with Crippen molar-refractivity contribution in [1.82, 2.24) is 14.5 Å². The van der Waals surface area contributed by atoms with Gasteiger partial charge in [0.25, 0.3) is 5.56 Å². The van der Waals surface area contributed by atoms with Crippen molar-refractivity contribution in [3.05, 3.63) is 32.6 Å². The van der Waals surface area contributed by atoms with E-state index in [4.69, 9.17) is 10.8 Å². The highest BCUT2D eigenvalue weighted by Gasteiger charge is 2.38. The van der Waals surface area contributed by atoms with Crippen molar-refractivity contribution in [2.24, 2.45) is 5.73 Å². The molecule has 1 aliphatic rings. The quantitative estimate of drug-likeness (QED) is 0.581. The van der Waals surface area contributed by atoms with Gasteiger partial charge in [-0.25, -0.2) is 9.59 Å². The molecule has 4 N–H and O–H groups in total. The van der Waals surface area contributed by atoms with Gasteiger partial charge in [-0.05, 0) is 13.3 Å². The Morgan fingerprint density at radius 1 is 1.48 bits per heavy atom. The Labute approximate surface area is 119 Å². The van der Waals surface area contributed by atoms with Crippen LogP contribution >= 0.6 is 0 Å². The highest BCUT2D eigenvalue weighted by Crippen LogP contribution is 2.17. The lowest BCUT2D eigenvalue weighted by Gasteiger charge is -2.21. The molecule has 2 heterocycles. The van der Waals surface area contributed by atoms with Crippen LogP contribution in [0.1, 0.15) is 12.0 Å². The zero-order valence-electron chi connectivity index (χ0n) is 11.4. The monoisotopic (exact) mass is 296 g/mol. The molecule has 9 nitrogen and oxygen atoms in total. The topological polar surface area (TPSA) is 138 Å². The lowest BCUT2D eigenvalue weighted by Crippen LogP contribution is -2.44. The Hall–Kier alpha value is -2.42. The number of nitrogens with zero attached hydrogens (tertiary/aromatic N) is 2. The number of aliphatic carboxylic acids is 1. The van der Waals surface area contributed by atoms with Gasteiger partial charge in [0.1, 0.15) is 12.6 Å². The molecule has 0 radical (unpaired) electrons. The molecule has 1 aromatic rings. The first-order chi connectivity index (χ1) is 9.79. The molecule has 21 heavy (non-hydrogen) atoms. The molecule has 1 saturated heterocycles. The first-order valence-corrected chi connectivity index (χ1v) is 6.38. The fourth-order valence-corrected chi connectivity index (χ4v) is 2.35. The van der Waals surface area contributed by atoms with Gasteiger partial charge in [-0.3, -0.25) is 19.1 Å². The fourth-order valence-electron chi connectivity index (χ4n) is 2.35. The number of carboxylic acids is 1. The number of likely N-dealkylation sites (tertiary alicyclic amines) is 1. The number of carbonyl (C=O) groups is 2. The number of nitrogens with one attached hydrogen (secondary N) is 1. The van der Waals surface area contributed by atoms with Crippen LogP contribution < -0.4 is 17.0 Å². The molecule has 114 valence electrons. The molecule has 2 atom stereocenters.